The van der Waals surface area contributed by atoms with E-state index in [2.05, 4.69) is 24.2 Å². The van der Waals surface area contributed by atoms with Crippen LogP contribution in [0, 0.1) is 0 Å². The first-order valence-electron chi connectivity index (χ1n) is 10.7. The Balaban J connectivity index is 0.000000397. The van der Waals surface area contributed by atoms with Crippen LogP contribution in [-0.2, 0) is 42.7 Å². The van der Waals surface area contributed by atoms with Crippen LogP contribution in [0.5, 0.6) is 0 Å². The average molecular weight is 567 g/mol. The Morgan fingerprint density at radius 2 is 1.35 bits per heavy atom. The minimum absolute atomic E-state index is 0.0448. The molecular formula is C17H29F3N6O10S. The molecule has 20 heteroatoms. The SMILES string of the molecule is CCO[C@H]1[C@@H](CN=[N+]=[N-])OC(OC)[C@@H]1O.CCO[C@H]1[C@@H](CN=[N+]=[N-])OC(OC)[C@@H]1OS(=O)(=O)C(F)(F)F. The van der Waals surface area contributed by atoms with Gasteiger partial charge in [0.05, 0.1) is 25.3 Å². The Morgan fingerprint density at radius 1 is 0.892 bits per heavy atom. The van der Waals surface area contributed by atoms with Crippen LogP contribution in [0.3, 0.4) is 0 Å². The van der Waals surface area contributed by atoms with Crippen molar-refractivity contribution in [2.45, 2.75) is 68.6 Å². The van der Waals surface area contributed by atoms with Gasteiger partial charge in [0.25, 0.3) is 0 Å². The van der Waals surface area contributed by atoms with E-state index in [1.54, 1.807) is 6.92 Å². The third-order valence-corrected chi connectivity index (χ3v) is 5.95. The molecule has 2 aliphatic heterocycles. The number of methoxy groups -OCH3 is 2. The van der Waals surface area contributed by atoms with Gasteiger partial charge in [0, 0.05) is 37.3 Å². The van der Waals surface area contributed by atoms with Gasteiger partial charge in [0.1, 0.15) is 18.3 Å². The third-order valence-electron chi connectivity index (χ3n) is 4.91. The molecule has 2 aliphatic rings. The molecule has 2 unspecified atom stereocenters. The number of aliphatic hydroxyl groups excluding tert-OH is 1. The molecule has 0 spiro atoms. The van der Waals surface area contributed by atoms with E-state index < -0.39 is 64.8 Å². The van der Waals surface area contributed by atoms with Crippen LogP contribution in [-0.4, -0.2) is 109 Å². The maximum atomic E-state index is 12.4. The van der Waals surface area contributed by atoms with Crippen molar-refractivity contribution < 1.29 is 59.3 Å². The number of aliphatic hydroxyl groups is 1. The van der Waals surface area contributed by atoms with E-state index in [0.29, 0.717) is 6.61 Å². The molecule has 2 fully saturated rings. The summed E-state index contributed by atoms with van der Waals surface area (Å²) < 4.78 is 94.4. The molecule has 214 valence electrons. The molecule has 0 radical (unpaired) electrons. The smallest absolute Gasteiger partial charge is 0.385 e. The largest absolute Gasteiger partial charge is 0.523 e. The van der Waals surface area contributed by atoms with E-state index in [4.69, 9.17) is 39.5 Å². The van der Waals surface area contributed by atoms with Crippen molar-refractivity contribution in [3.8, 4) is 0 Å². The number of halogens is 3. The predicted molar refractivity (Wildman–Crippen MR) is 116 cm³/mol. The molecule has 0 aliphatic carbocycles. The van der Waals surface area contributed by atoms with Gasteiger partial charge in [0.15, 0.2) is 18.7 Å². The molecule has 2 rings (SSSR count). The number of hydrogen-bond acceptors (Lipinski definition) is 12. The van der Waals surface area contributed by atoms with Gasteiger partial charge in [-0.3, -0.25) is 4.18 Å². The number of rotatable bonds is 12. The van der Waals surface area contributed by atoms with Gasteiger partial charge in [0.2, 0.25) is 0 Å². The van der Waals surface area contributed by atoms with Crippen LogP contribution in [0.2, 0.25) is 0 Å². The highest BCUT2D eigenvalue weighted by Crippen LogP contribution is 2.33. The maximum absolute atomic E-state index is 12.4. The second kappa shape index (κ2) is 15.5. The molecule has 0 aromatic rings. The Morgan fingerprint density at radius 3 is 1.78 bits per heavy atom. The topological polar surface area (TPSA) is 216 Å². The monoisotopic (exact) mass is 566 g/mol. The van der Waals surface area contributed by atoms with E-state index in [0.717, 1.165) is 7.11 Å². The van der Waals surface area contributed by atoms with Crippen LogP contribution >= 0.6 is 0 Å². The van der Waals surface area contributed by atoms with Gasteiger partial charge in [-0.15, -0.1) is 0 Å². The zero-order chi connectivity index (χ0) is 28.2. The molecule has 37 heavy (non-hydrogen) atoms. The lowest BCUT2D eigenvalue weighted by Gasteiger charge is -2.23. The van der Waals surface area contributed by atoms with Crippen LogP contribution in [0.1, 0.15) is 13.8 Å². The van der Waals surface area contributed by atoms with Crippen molar-refractivity contribution in [1.29, 1.82) is 0 Å². The maximum Gasteiger partial charge on any atom is 0.523 e. The van der Waals surface area contributed by atoms with Crippen LogP contribution < -0.4 is 0 Å². The van der Waals surface area contributed by atoms with Gasteiger partial charge in [-0.25, -0.2) is 0 Å². The molecule has 0 amide bonds. The van der Waals surface area contributed by atoms with E-state index in [9.17, 15) is 26.7 Å². The lowest BCUT2D eigenvalue weighted by atomic mass is 10.1. The first-order chi connectivity index (χ1) is 17.4. The number of alkyl halides is 3. The number of hydrogen-bond donors (Lipinski definition) is 1. The molecule has 0 bridgehead atoms. The molecule has 16 nitrogen and oxygen atoms in total. The van der Waals surface area contributed by atoms with Crippen molar-refractivity contribution in [3.05, 3.63) is 20.9 Å². The summed E-state index contributed by atoms with van der Waals surface area (Å²) in [5.41, 5.74) is 10.9. The molecule has 0 saturated carbocycles. The van der Waals surface area contributed by atoms with Gasteiger partial charge in [-0.1, -0.05) is 10.2 Å². The van der Waals surface area contributed by atoms with Gasteiger partial charge in [-0.2, -0.15) is 21.6 Å². The molecule has 0 aromatic carbocycles. The second-order valence-corrected chi connectivity index (χ2v) is 8.74. The lowest BCUT2D eigenvalue weighted by Crippen LogP contribution is -2.42. The Hall–Kier alpha value is -1.96. The average Bonchev–Trinajstić information content (AvgIpc) is 3.32. The highest BCUT2D eigenvalue weighted by molar-refractivity contribution is 7.87. The summed E-state index contributed by atoms with van der Waals surface area (Å²) in [6.07, 6.45) is -7.87. The second-order valence-electron chi connectivity index (χ2n) is 7.18. The van der Waals surface area contributed by atoms with Crippen molar-refractivity contribution in [2.24, 2.45) is 10.2 Å². The fourth-order valence-corrected chi connectivity index (χ4v) is 4.01. The number of ether oxygens (including phenoxy) is 6. The summed E-state index contributed by atoms with van der Waals surface area (Å²) in [7, 11) is -3.33. The minimum Gasteiger partial charge on any atom is -0.385 e. The minimum atomic E-state index is -5.86. The number of nitrogens with zero attached hydrogens (tertiary/aromatic N) is 6. The summed E-state index contributed by atoms with van der Waals surface area (Å²) in [5.74, 6) is 0. The first-order valence-corrected chi connectivity index (χ1v) is 12.1. The third kappa shape index (κ3) is 9.08. The molecule has 0 aromatic heterocycles. The van der Waals surface area contributed by atoms with Gasteiger partial charge >= 0.3 is 15.6 Å². The van der Waals surface area contributed by atoms with E-state index >= 15 is 0 Å². The Labute approximate surface area is 210 Å². The van der Waals surface area contributed by atoms with E-state index in [1.165, 1.54) is 7.11 Å². The van der Waals surface area contributed by atoms with E-state index in [1.807, 2.05) is 6.92 Å². The Kier molecular flexibility index (Phi) is 13.8. The Bertz CT molecular complexity index is 903. The predicted octanol–water partition coefficient (Wildman–Crippen LogP) is 1.74. The molecule has 8 atom stereocenters. The fourth-order valence-electron chi connectivity index (χ4n) is 3.40. The van der Waals surface area contributed by atoms with Crippen LogP contribution in [0.25, 0.3) is 20.9 Å². The van der Waals surface area contributed by atoms with Crippen molar-refractivity contribution in [1.82, 2.24) is 0 Å². The standard InChI is InChI=1S/C9H14F3N3O6S.C8H15N3O4/c1-3-19-6-5(4-14-15-13)20-8(18-2)7(6)21-22(16,17)9(10,11)12;1-3-14-7-5(4-10-11-9)15-8(13-2)6(7)12/h5-8H,3-4H2,1-2H3;5-8,12H,3-4H2,1-2H3/t5-,6+,7-,8?;5-,6-,7+,8?/m11/s1. The van der Waals surface area contributed by atoms with Crippen molar-refractivity contribution in [2.75, 3.05) is 40.5 Å². The number of azide groups is 2. The fraction of sp³-hybridized carbons (Fsp3) is 1.00. The summed E-state index contributed by atoms with van der Waals surface area (Å²) in [5, 5.41) is 16.4. The summed E-state index contributed by atoms with van der Waals surface area (Å²) >= 11 is 0. The summed E-state index contributed by atoms with van der Waals surface area (Å²) in [6, 6.07) is 0. The van der Waals surface area contributed by atoms with Gasteiger partial charge in [-0.05, 0) is 24.9 Å². The quantitative estimate of drug-likeness (QED) is 0.119. The lowest BCUT2D eigenvalue weighted by molar-refractivity contribution is -0.147. The normalized spacial score (nSPS) is 31.7. The highest BCUT2D eigenvalue weighted by atomic mass is 32.2. The molecule has 1 N–H and O–H groups in total. The molecule has 2 saturated heterocycles. The first kappa shape index (κ1) is 33.1. The summed E-state index contributed by atoms with van der Waals surface area (Å²) in [4.78, 5) is 5.13. The van der Waals surface area contributed by atoms with Gasteiger partial charge < -0.3 is 33.5 Å². The zero-order valence-corrected chi connectivity index (χ0v) is 21.1. The van der Waals surface area contributed by atoms with Crippen molar-refractivity contribution in [3.63, 3.8) is 0 Å². The van der Waals surface area contributed by atoms with Crippen LogP contribution in [0.4, 0.5) is 13.2 Å². The molecule has 2 heterocycles. The van der Waals surface area contributed by atoms with E-state index in [-0.39, 0.29) is 19.7 Å². The van der Waals surface area contributed by atoms with Crippen LogP contribution in [0.15, 0.2) is 10.2 Å². The molecular weight excluding hydrogens is 537 g/mol. The zero-order valence-electron chi connectivity index (χ0n) is 20.3. The van der Waals surface area contributed by atoms with Crippen molar-refractivity contribution >= 4 is 10.1 Å². The summed E-state index contributed by atoms with van der Waals surface area (Å²) in [6.45, 7) is 3.69. The highest BCUT2D eigenvalue weighted by Gasteiger charge is 2.55.